The minimum atomic E-state index is -4.80. The second kappa shape index (κ2) is 37.0. The molecule has 0 unspecified atom stereocenters. The van der Waals surface area contributed by atoms with Gasteiger partial charge >= 0.3 is 19.8 Å². The average molecular weight is 759 g/mol. The summed E-state index contributed by atoms with van der Waals surface area (Å²) >= 11 is 0. The Morgan fingerprint density at radius 1 is 0.604 bits per heavy atom. The largest absolute Gasteiger partial charge is 0.469 e. The Kier molecular flexibility index (Phi) is 34.7. The number of hydrogen-bond donors (Lipinski definition) is 3. The minimum absolute atomic E-state index is 0.0966. The number of hydrogen-bond acceptors (Lipinski definition) is 7. The molecule has 0 aromatic heterocycles. The van der Waals surface area contributed by atoms with E-state index in [4.69, 9.17) is 19.3 Å². The Hall–Kier alpha value is -3.33. The number of unbranched alkanes of at least 4 members (excludes halogenated alkanes) is 4. The molecule has 0 saturated carbocycles. The summed E-state index contributed by atoms with van der Waals surface area (Å²) < 4.78 is 26.2. The van der Waals surface area contributed by atoms with E-state index in [-0.39, 0.29) is 25.6 Å². The molecule has 0 aliphatic rings. The fraction of sp³-hybridized carbons (Fsp3) is 0.535. The van der Waals surface area contributed by atoms with Crippen LogP contribution in [-0.4, -0.2) is 52.3 Å². The Balaban J connectivity index is 4.24. The Morgan fingerprint density at radius 2 is 1.09 bits per heavy atom. The zero-order valence-corrected chi connectivity index (χ0v) is 33.1. The summed E-state index contributed by atoms with van der Waals surface area (Å²) in [6.45, 7) is 3.32. The number of esters is 2. The van der Waals surface area contributed by atoms with Crippen molar-refractivity contribution in [2.45, 2.75) is 135 Å². The summed E-state index contributed by atoms with van der Waals surface area (Å²) in [5, 5.41) is 9.86. The summed E-state index contributed by atoms with van der Waals surface area (Å²) in [6.07, 6.45) is 48.6. The molecule has 0 amide bonds. The molecule has 0 fully saturated rings. The predicted octanol–water partition coefficient (Wildman–Crippen LogP) is 10.6. The molecule has 0 aromatic rings. The Bertz CT molecular complexity index is 1230. The molecule has 0 heterocycles. The van der Waals surface area contributed by atoms with Crippen LogP contribution in [-0.2, 0) is 28.2 Å². The Labute approximate surface area is 319 Å². The van der Waals surface area contributed by atoms with Crippen LogP contribution in [0.1, 0.15) is 123 Å². The molecular weight excluding hydrogens is 691 g/mol. The van der Waals surface area contributed by atoms with Gasteiger partial charge in [-0.2, -0.15) is 0 Å². The van der Waals surface area contributed by atoms with Gasteiger partial charge in [-0.1, -0.05) is 142 Å². The fourth-order valence-electron chi connectivity index (χ4n) is 4.51. The minimum Gasteiger partial charge on any atom is -0.462 e. The van der Waals surface area contributed by atoms with Gasteiger partial charge in [-0.3, -0.25) is 14.1 Å². The highest BCUT2D eigenvalue weighted by Gasteiger charge is 2.22. The lowest BCUT2D eigenvalue weighted by atomic mass is 10.1. The maximum absolute atomic E-state index is 12.4. The lowest BCUT2D eigenvalue weighted by Crippen LogP contribution is -2.29. The summed E-state index contributed by atoms with van der Waals surface area (Å²) in [5.41, 5.74) is 0. The summed E-state index contributed by atoms with van der Waals surface area (Å²) in [7, 11) is -4.80. The van der Waals surface area contributed by atoms with E-state index >= 15 is 0 Å². The van der Waals surface area contributed by atoms with Gasteiger partial charge in [0.05, 0.1) is 12.7 Å². The zero-order chi connectivity index (χ0) is 39.1. The van der Waals surface area contributed by atoms with Crippen molar-refractivity contribution in [3.05, 3.63) is 109 Å². The Morgan fingerprint density at radius 3 is 1.60 bits per heavy atom. The van der Waals surface area contributed by atoms with E-state index in [1.165, 1.54) is 0 Å². The van der Waals surface area contributed by atoms with E-state index in [0.29, 0.717) is 25.7 Å². The summed E-state index contributed by atoms with van der Waals surface area (Å²) in [4.78, 5) is 42.7. The molecule has 0 spiro atoms. The number of aliphatic hydroxyl groups excluding tert-OH is 1. The molecular formula is C43H67O9P. The van der Waals surface area contributed by atoms with Crippen molar-refractivity contribution in [1.29, 1.82) is 0 Å². The molecule has 0 aromatic carbocycles. The maximum atomic E-state index is 12.4. The van der Waals surface area contributed by atoms with E-state index in [9.17, 15) is 19.3 Å². The SMILES string of the molecule is CC/C=C\C/C=C\C/C=C\C/C=C\C/C=C\CCCC(=O)OC[C@H](COP(=O)(O)O)OC(=O)CCC/C=C\C/C=C\C/C=C\C=C\[C@@H](O)CCCCC. The van der Waals surface area contributed by atoms with Crippen molar-refractivity contribution in [3.8, 4) is 0 Å². The van der Waals surface area contributed by atoms with Gasteiger partial charge in [0.15, 0.2) is 6.10 Å². The molecule has 0 radical (unpaired) electrons. The standard InChI is InChI=1S/C43H67O9P/c1-3-5-7-8-9-10-11-12-13-14-15-16-19-22-25-28-32-36-42(45)50-38-41(39-51-53(47,48)49)52-43(46)37-33-29-26-23-20-17-18-21-24-27-31-35-40(44)34-30-6-4-2/h5,7,9-10,12-13,15-18,22-27,31,35,40-41,44H,3-4,6,8,11,14,19-21,28-30,32-34,36-39H2,1-2H3,(H2,47,48,49)/b7-5-,10-9-,13-12-,16-15-,18-17-,25-22-,26-23-,27-24-,35-31+/t40-,41+/m0/s1. The molecule has 9 nitrogen and oxygen atoms in total. The zero-order valence-electron chi connectivity index (χ0n) is 32.2. The van der Waals surface area contributed by atoms with E-state index < -0.39 is 32.5 Å². The van der Waals surface area contributed by atoms with Gasteiger partial charge in [-0.05, 0) is 77.0 Å². The third kappa shape index (κ3) is 39.7. The molecule has 3 N–H and O–H groups in total. The van der Waals surface area contributed by atoms with Gasteiger partial charge in [0, 0.05) is 12.8 Å². The monoisotopic (exact) mass is 758 g/mol. The van der Waals surface area contributed by atoms with Crippen molar-refractivity contribution in [2.24, 2.45) is 0 Å². The van der Waals surface area contributed by atoms with Crippen molar-refractivity contribution >= 4 is 19.8 Å². The number of rotatable bonds is 33. The number of carbonyl (C=O) groups is 2. The fourth-order valence-corrected chi connectivity index (χ4v) is 4.87. The first kappa shape index (κ1) is 49.7. The van der Waals surface area contributed by atoms with Gasteiger partial charge < -0.3 is 24.4 Å². The summed E-state index contributed by atoms with van der Waals surface area (Å²) in [6, 6.07) is 0. The van der Waals surface area contributed by atoms with Crippen LogP contribution in [0, 0.1) is 0 Å². The van der Waals surface area contributed by atoms with Crippen molar-refractivity contribution in [2.75, 3.05) is 13.2 Å². The molecule has 0 bridgehead atoms. The van der Waals surface area contributed by atoms with Crippen molar-refractivity contribution in [1.82, 2.24) is 0 Å². The summed E-state index contributed by atoms with van der Waals surface area (Å²) in [5.74, 6) is -1.06. The highest BCUT2D eigenvalue weighted by atomic mass is 31.2. The number of carbonyl (C=O) groups excluding carboxylic acids is 2. The van der Waals surface area contributed by atoms with Gasteiger partial charge in [0.1, 0.15) is 6.61 Å². The lowest BCUT2D eigenvalue weighted by molar-refractivity contribution is -0.161. The molecule has 0 rings (SSSR count). The molecule has 2 atom stereocenters. The normalized spacial score (nSPS) is 14.3. The number of ether oxygens (including phenoxy) is 2. The quantitative estimate of drug-likeness (QED) is 0.0196. The molecule has 0 saturated heterocycles. The van der Waals surface area contributed by atoms with Crippen LogP contribution in [0.4, 0.5) is 0 Å². The first-order chi connectivity index (χ1) is 25.7. The first-order valence-corrected chi connectivity index (χ1v) is 20.8. The number of phosphoric acid groups is 1. The molecule has 53 heavy (non-hydrogen) atoms. The van der Waals surface area contributed by atoms with Gasteiger partial charge in [-0.25, -0.2) is 4.57 Å². The molecule has 0 aliphatic heterocycles. The smallest absolute Gasteiger partial charge is 0.462 e. The number of phosphoric ester groups is 1. The number of aliphatic hydroxyl groups is 1. The van der Waals surface area contributed by atoms with Crippen LogP contribution in [0.15, 0.2) is 109 Å². The van der Waals surface area contributed by atoms with Gasteiger partial charge in [0.25, 0.3) is 0 Å². The number of allylic oxidation sites excluding steroid dienone is 17. The highest BCUT2D eigenvalue weighted by molar-refractivity contribution is 7.46. The van der Waals surface area contributed by atoms with Crippen LogP contribution in [0.25, 0.3) is 0 Å². The van der Waals surface area contributed by atoms with E-state index in [0.717, 1.165) is 70.6 Å². The van der Waals surface area contributed by atoms with E-state index in [2.05, 4.69) is 79.1 Å². The third-order valence-electron chi connectivity index (χ3n) is 7.38. The van der Waals surface area contributed by atoms with Gasteiger partial charge in [0.2, 0.25) is 0 Å². The van der Waals surface area contributed by atoms with Crippen LogP contribution < -0.4 is 0 Å². The van der Waals surface area contributed by atoms with Crippen LogP contribution >= 0.6 is 7.82 Å². The van der Waals surface area contributed by atoms with Crippen molar-refractivity contribution < 1.29 is 43.0 Å². The molecule has 0 aliphatic carbocycles. The van der Waals surface area contributed by atoms with Crippen LogP contribution in [0.5, 0.6) is 0 Å². The molecule has 298 valence electrons. The van der Waals surface area contributed by atoms with E-state index in [1.807, 2.05) is 48.6 Å². The van der Waals surface area contributed by atoms with Crippen LogP contribution in [0.2, 0.25) is 0 Å². The third-order valence-corrected chi connectivity index (χ3v) is 7.86. The van der Waals surface area contributed by atoms with Crippen molar-refractivity contribution in [3.63, 3.8) is 0 Å². The van der Waals surface area contributed by atoms with Gasteiger partial charge in [-0.15, -0.1) is 0 Å². The first-order valence-electron chi connectivity index (χ1n) is 19.3. The lowest BCUT2D eigenvalue weighted by Gasteiger charge is -2.18. The average Bonchev–Trinajstić information content (AvgIpc) is 3.12. The highest BCUT2D eigenvalue weighted by Crippen LogP contribution is 2.35. The second-order valence-electron chi connectivity index (χ2n) is 12.4. The predicted molar refractivity (Wildman–Crippen MR) is 217 cm³/mol. The topological polar surface area (TPSA) is 140 Å². The van der Waals surface area contributed by atoms with Crippen LogP contribution in [0.3, 0.4) is 0 Å². The van der Waals surface area contributed by atoms with E-state index in [1.54, 1.807) is 0 Å². The maximum Gasteiger partial charge on any atom is 0.469 e. The molecule has 10 heteroatoms. The second-order valence-corrected chi connectivity index (χ2v) is 13.6.